The molecule has 0 radical (unpaired) electrons. The predicted molar refractivity (Wildman–Crippen MR) is 54.7 cm³/mol. The van der Waals surface area contributed by atoms with E-state index < -0.39 is 5.97 Å². The standard InChI is InChI=1S/C10H15N3O2/c1-2-8-12-9(10(14)15)6-4-3-5-7(11)13(6)8/h7H,2-5,11H2,1H3,(H,14,15). The number of aromatic carboxylic acids is 1. The first-order chi connectivity index (χ1) is 7.15. The van der Waals surface area contributed by atoms with E-state index in [1.165, 1.54) is 0 Å². The van der Waals surface area contributed by atoms with Crippen molar-refractivity contribution in [3.05, 3.63) is 17.2 Å². The highest BCUT2D eigenvalue weighted by molar-refractivity contribution is 5.87. The van der Waals surface area contributed by atoms with Gasteiger partial charge in [-0.25, -0.2) is 9.78 Å². The van der Waals surface area contributed by atoms with Crippen molar-refractivity contribution in [1.29, 1.82) is 0 Å². The number of carboxylic acids is 1. The molecular weight excluding hydrogens is 194 g/mol. The highest BCUT2D eigenvalue weighted by Crippen LogP contribution is 2.26. The molecule has 5 nitrogen and oxygen atoms in total. The quantitative estimate of drug-likeness (QED) is 0.759. The normalized spacial score (nSPS) is 20.0. The number of hydrogen-bond acceptors (Lipinski definition) is 3. The smallest absolute Gasteiger partial charge is 0.356 e. The molecule has 0 aliphatic carbocycles. The van der Waals surface area contributed by atoms with Gasteiger partial charge in [-0.05, 0) is 19.3 Å². The van der Waals surface area contributed by atoms with Gasteiger partial charge in [0.05, 0.1) is 11.9 Å². The molecule has 3 N–H and O–H groups in total. The van der Waals surface area contributed by atoms with E-state index in [4.69, 9.17) is 10.8 Å². The third-order valence-electron chi connectivity index (χ3n) is 2.85. The summed E-state index contributed by atoms with van der Waals surface area (Å²) in [6, 6.07) is 0. The third-order valence-corrected chi connectivity index (χ3v) is 2.85. The SMILES string of the molecule is CCc1nc(C(=O)O)c2n1C(N)CCC2. The fourth-order valence-electron chi connectivity index (χ4n) is 2.18. The number of nitrogens with two attached hydrogens (primary N) is 1. The molecule has 1 unspecified atom stereocenters. The molecule has 1 atom stereocenters. The van der Waals surface area contributed by atoms with E-state index in [9.17, 15) is 4.79 Å². The van der Waals surface area contributed by atoms with Gasteiger partial charge < -0.3 is 15.4 Å². The Morgan fingerprint density at radius 2 is 2.47 bits per heavy atom. The van der Waals surface area contributed by atoms with Crippen molar-refractivity contribution in [3.8, 4) is 0 Å². The lowest BCUT2D eigenvalue weighted by Gasteiger charge is -2.23. The average Bonchev–Trinajstić information content (AvgIpc) is 2.58. The largest absolute Gasteiger partial charge is 0.476 e. The molecule has 1 aromatic heterocycles. The molecule has 15 heavy (non-hydrogen) atoms. The van der Waals surface area contributed by atoms with Crippen LogP contribution in [0.5, 0.6) is 0 Å². The Hall–Kier alpha value is -1.36. The Labute approximate surface area is 87.9 Å². The minimum atomic E-state index is -0.951. The Bertz CT molecular complexity index is 398. The van der Waals surface area contributed by atoms with E-state index in [2.05, 4.69) is 4.98 Å². The summed E-state index contributed by atoms with van der Waals surface area (Å²) < 4.78 is 1.90. The summed E-state index contributed by atoms with van der Waals surface area (Å²) >= 11 is 0. The van der Waals surface area contributed by atoms with Crippen LogP contribution in [-0.4, -0.2) is 20.6 Å². The van der Waals surface area contributed by atoms with Crippen LogP contribution in [0.4, 0.5) is 0 Å². The van der Waals surface area contributed by atoms with Crippen LogP contribution in [0, 0.1) is 0 Å². The summed E-state index contributed by atoms with van der Waals surface area (Å²) in [7, 11) is 0. The zero-order valence-corrected chi connectivity index (χ0v) is 8.73. The first kappa shape index (κ1) is 10.2. The van der Waals surface area contributed by atoms with Gasteiger partial charge >= 0.3 is 5.97 Å². The average molecular weight is 209 g/mol. The molecule has 0 aromatic carbocycles. The van der Waals surface area contributed by atoms with Gasteiger partial charge in [0.1, 0.15) is 5.82 Å². The van der Waals surface area contributed by atoms with Crippen molar-refractivity contribution in [2.45, 2.75) is 38.8 Å². The number of carboxylic acid groups (broad SMARTS) is 1. The summed E-state index contributed by atoms with van der Waals surface area (Å²) in [6.07, 6.45) is 3.21. The Balaban J connectivity index is 2.57. The lowest BCUT2D eigenvalue weighted by Crippen LogP contribution is -2.26. The molecule has 2 rings (SSSR count). The molecule has 1 aromatic rings. The highest BCUT2D eigenvalue weighted by Gasteiger charge is 2.26. The van der Waals surface area contributed by atoms with Crippen molar-refractivity contribution in [2.75, 3.05) is 0 Å². The first-order valence-electron chi connectivity index (χ1n) is 5.24. The molecule has 0 bridgehead atoms. The van der Waals surface area contributed by atoms with Crippen LogP contribution in [0.3, 0.4) is 0 Å². The van der Waals surface area contributed by atoms with E-state index in [0.29, 0.717) is 6.42 Å². The van der Waals surface area contributed by atoms with Gasteiger partial charge in [-0.15, -0.1) is 0 Å². The molecule has 0 saturated carbocycles. The van der Waals surface area contributed by atoms with Gasteiger partial charge in [0.25, 0.3) is 0 Å². The zero-order chi connectivity index (χ0) is 11.0. The van der Waals surface area contributed by atoms with E-state index >= 15 is 0 Å². The number of hydrogen-bond donors (Lipinski definition) is 2. The number of rotatable bonds is 2. The van der Waals surface area contributed by atoms with Crippen molar-refractivity contribution >= 4 is 5.97 Å². The second-order valence-electron chi connectivity index (χ2n) is 3.81. The molecule has 2 heterocycles. The van der Waals surface area contributed by atoms with E-state index in [-0.39, 0.29) is 11.9 Å². The van der Waals surface area contributed by atoms with E-state index in [1.807, 2.05) is 11.5 Å². The van der Waals surface area contributed by atoms with Gasteiger partial charge in [0.15, 0.2) is 5.69 Å². The van der Waals surface area contributed by atoms with Gasteiger partial charge in [-0.2, -0.15) is 0 Å². The van der Waals surface area contributed by atoms with Crippen molar-refractivity contribution < 1.29 is 9.90 Å². The minimum absolute atomic E-state index is 0.107. The molecule has 82 valence electrons. The molecule has 0 spiro atoms. The third kappa shape index (κ3) is 1.52. The summed E-state index contributed by atoms with van der Waals surface area (Å²) in [5.41, 5.74) is 6.94. The highest BCUT2D eigenvalue weighted by atomic mass is 16.4. The minimum Gasteiger partial charge on any atom is -0.476 e. The van der Waals surface area contributed by atoms with Crippen molar-refractivity contribution in [2.24, 2.45) is 5.73 Å². The molecule has 1 aliphatic heterocycles. The topological polar surface area (TPSA) is 81.1 Å². The number of aromatic nitrogens is 2. The maximum absolute atomic E-state index is 11.0. The first-order valence-corrected chi connectivity index (χ1v) is 5.24. The van der Waals surface area contributed by atoms with Crippen LogP contribution in [0.1, 0.15) is 47.9 Å². The van der Waals surface area contributed by atoms with Gasteiger partial charge in [0, 0.05) is 6.42 Å². The van der Waals surface area contributed by atoms with Gasteiger partial charge in [0.2, 0.25) is 0 Å². The van der Waals surface area contributed by atoms with Crippen molar-refractivity contribution in [1.82, 2.24) is 9.55 Å². The number of fused-ring (bicyclic) bond motifs is 1. The fourth-order valence-corrected chi connectivity index (χ4v) is 2.18. The number of imidazole rings is 1. The van der Waals surface area contributed by atoms with E-state index in [0.717, 1.165) is 30.8 Å². The maximum Gasteiger partial charge on any atom is 0.356 e. The summed E-state index contributed by atoms with van der Waals surface area (Å²) in [5, 5.41) is 9.02. The van der Waals surface area contributed by atoms with Crippen LogP contribution in [0.15, 0.2) is 0 Å². The van der Waals surface area contributed by atoms with E-state index in [1.54, 1.807) is 0 Å². The molecule has 1 aliphatic rings. The lowest BCUT2D eigenvalue weighted by molar-refractivity contribution is 0.0689. The van der Waals surface area contributed by atoms with Crippen LogP contribution in [0.2, 0.25) is 0 Å². The van der Waals surface area contributed by atoms with Crippen LogP contribution >= 0.6 is 0 Å². The Kier molecular flexibility index (Phi) is 2.48. The second-order valence-corrected chi connectivity index (χ2v) is 3.81. The maximum atomic E-state index is 11.0. The van der Waals surface area contributed by atoms with Gasteiger partial charge in [-0.3, -0.25) is 0 Å². The predicted octanol–water partition coefficient (Wildman–Crippen LogP) is 0.937. The Morgan fingerprint density at radius 3 is 3.07 bits per heavy atom. The molecule has 0 fully saturated rings. The van der Waals surface area contributed by atoms with Crippen LogP contribution in [-0.2, 0) is 12.8 Å². The molecule has 0 amide bonds. The summed E-state index contributed by atoms with van der Waals surface area (Å²) in [5.74, 6) is -0.165. The monoisotopic (exact) mass is 209 g/mol. The lowest BCUT2D eigenvalue weighted by atomic mass is 10.1. The molecule has 0 saturated heterocycles. The molecular formula is C10H15N3O2. The van der Waals surface area contributed by atoms with Crippen molar-refractivity contribution in [3.63, 3.8) is 0 Å². The number of aryl methyl sites for hydroxylation is 1. The van der Waals surface area contributed by atoms with Crippen LogP contribution in [0.25, 0.3) is 0 Å². The Morgan fingerprint density at radius 1 is 1.73 bits per heavy atom. The fraction of sp³-hybridized carbons (Fsp3) is 0.600. The molecule has 5 heteroatoms. The summed E-state index contributed by atoms with van der Waals surface area (Å²) in [4.78, 5) is 15.1. The number of carbonyl (C=O) groups is 1. The van der Waals surface area contributed by atoms with Crippen LogP contribution < -0.4 is 5.73 Å². The summed E-state index contributed by atoms with van der Waals surface area (Å²) in [6.45, 7) is 1.96. The second kappa shape index (κ2) is 3.66. The number of nitrogens with zero attached hydrogens (tertiary/aromatic N) is 2. The van der Waals surface area contributed by atoms with Gasteiger partial charge in [-0.1, -0.05) is 6.92 Å². The zero-order valence-electron chi connectivity index (χ0n) is 8.73.